The molecule has 0 bridgehead atoms. The first-order valence-electron chi connectivity index (χ1n) is 4.84. The van der Waals surface area contributed by atoms with Gasteiger partial charge in [0.15, 0.2) is 0 Å². The van der Waals surface area contributed by atoms with Crippen LogP contribution in [0, 0.1) is 0 Å². The van der Waals surface area contributed by atoms with Crippen molar-refractivity contribution in [3.8, 4) is 0 Å². The first kappa shape index (κ1) is 9.97. The van der Waals surface area contributed by atoms with E-state index in [4.69, 9.17) is 10.5 Å². The Morgan fingerprint density at radius 3 is 2.80 bits per heavy atom. The molecule has 1 aromatic rings. The fraction of sp³-hybridized carbons (Fsp3) is 0.556. The van der Waals surface area contributed by atoms with Crippen LogP contribution in [-0.4, -0.2) is 36.1 Å². The minimum Gasteiger partial charge on any atom is -0.396 e. The predicted octanol–water partition coefficient (Wildman–Crippen LogP) is -0.801. The molecular formula is C9H14N4O2. The van der Waals surface area contributed by atoms with Crippen molar-refractivity contribution < 1.29 is 4.74 Å². The third kappa shape index (κ3) is 1.80. The standard InChI is InChI=1S/C9H14N4O2/c1-12-9(14)8(7(10)6-11-12)13-2-4-15-5-3-13/h6H,2-5,10H2,1H3. The van der Waals surface area contributed by atoms with E-state index in [1.807, 2.05) is 4.90 Å². The summed E-state index contributed by atoms with van der Waals surface area (Å²) in [6, 6.07) is 0. The Kier molecular flexibility index (Phi) is 2.59. The molecule has 2 rings (SSSR count). The molecule has 0 aromatic carbocycles. The molecule has 15 heavy (non-hydrogen) atoms. The Labute approximate surface area is 87.2 Å². The van der Waals surface area contributed by atoms with Crippen LogP contribution < -0.4 is 16.2 Å². The predicted molar refractivity (Wildman–Crippen MR) is 56.9 cm³/mol. The molecule has 0 aliphatic carbocycles. The van der Waals surface area contributed by atoms with Gasteiger partial charge in [-0.05, 0) is 0 Å². The Bertz CT molecular complexity index is 409. The second kappa shape index (κ2) is 3.90. The molecule has 0 atom stereocenters. The Hall–Kier alpha value is -1.56. The molecule has 6 heteroatoms. The van der Waals surface area contributed by atoms with E-state index in [0.717, 1.165) is 0 Å². The number of nitrogens with zero attached hydrogens (tertiary/aromatic N) is 3. The fourth-order valence-electron chi connectivity index (χ4n) is 1.64. The van der Waals surface area contributed by atoms with Gasteiger partial charge in [0, 0.05) is 20.1 Å². The van der Waals surface area contributed by atoms with Gasteiger partial charge in [-0.1, -0.05) is 0 Å². The maximum atomic E-state index is 11.8. The zero-order valence-electron chi connectivity index (χ0n) is 8.64. The van der Waals surface area contributed by atoms with Crippen LogP contribution in [0.3, 0.4) is 0 Å². The molecule has 1 aliphatic heterocycles. The number of aryl methyl sites for hydroxylation is 1. The van der Waals surface area contributed by atoms with E-state index in [0.29, 0.717) is 37.7 Å². The van der Waals surface area contributed by atoms with Crippen molar-refractivity contribution >= 4 is 11.4 Å². The zero-order valence-corrected chi connectivity index (χ0v) is 8.64. The third-order valence-corrected chi connectivity index (χ3v) is 2.47. The van der Waals surface area contributed by atoms with E-state index in [-0.39, 0.29) is 5.56 Å². The maximum absolute atomic E-state index is 11.8. The summed E-state index contributed by atoms with van der Waals surface area (Å²) in [5.74, 6) is 0. The molecule has 0 radical (unpaired) electrons. The van der Waals surface area contributed by atoms with E-state index < -0.39 is 0 Å². The summed E-state index contributed by atoms with van der Waals surface area (Å²) in [7, 11) is 1.62. The van der Waals surface area contributed by atoms with Crippen LogP contribution in [0.2, 0.25) is 0 Å². The third-order valence-electron chi connectivity index (χ3n) is 2.47. The van der Waals surface area contributed by atoms with Gasteiger partial charge in [-0.15, -0.1) is 0 Å². The van der Waals surface area contributed by atoms with Gasteiger partial charge in [0.2, 0.25) is 0 Å². The number of ether oxygens (including phenoxy) is 1. The van der Waals surface area contributed by atoms with Crippen molar-refractivity contribution in [2.75, 3.05) is 36.9 Å². The van der Waals surface area contributed by atoms with Crippen molar-refractivity contribution in [2.24, 2.45) is 7.05 Å². The molecule has 1 saturated heterocycles. The molecular weight excluding hydrogens is 196 g/mol. The number of hydrogen-bond acceptors (Lipinski definition) is 5. The van der Waals surface area contributed by atoms with Crippen LogP contribution in [0.1, 0.15) is 0 Å². The van der Waals surface area contributed by atoms with Gasteiger partial charge in [-0.2, -0.15) is 5.10 Å². The lowest BCUT2D eigenvalue weighted by Gasteiger charge is -2.28. The highest BCUT2D eigenvalue weighted by Crippen LogP contribution is 2.17. The fourth-order valence-corrected chi connectivity index (χ4v) is 1.64. The highest BCUT2D eigenvalue weighted by molar-refractivity contribution is 5.65. The van der Waals surface area contributed by atoms with Gasteiger partial charge in [-0.25, -0.2) is 4.68 Å². The lowest BCUT2D eigenvalue weighted by Crippen LogP contribution is -2.41. The van der Waals surface area contributed by atoms with Crippen molar-refractivity contribution in [3.63, 3.8) is 0 Å². The molecule has 0 saturated carbocycles. The number of hydrogen-bond donors (Lipinski definition) is 1. The number of nitrogens with two attached hydrogens (primary N) is 1. The number of nitrogen functional groups attached to an aromatic ring is 1. The van der Waals surface area contributed by atoms with Crippen molar-refractivity contribution in [3.05, 3.63) is 16.6 Å². The molecule has 2 heterocycles. The van der Waals surface area contributed by atoms with E-state index in [1.54, 1.807) is 7.05 Å². The lowest BCUT2D eigenvalue weighted by atomic mass is 10.3. The average Bonchev–Trinajstić information content (AvgIpc) is 2.26. The Morgan fingerprint density at radius 1 is 1.47 bits per heavy atom. The quantitative estimate of drug-likeness (QED) is 0.657. The molecule has 1 aromatic heterocycles. The van der Waals surface area contributed by atoms with E-state index in [9.17, 15) is 4.79 Å². The van der Waals surface area contributed by atoms with Crippen molar-refractivity contribution in [1.29, 1.82) is 0 Å². The summed E-state index contributed by atoms with van der Waals surface area (Å²) >= 11 is 0. The highest BCUT2D eigenvalue weighted by Gasteiger charge is 2.18. The molecule has 1 fully saturated rings. The van der Waals surface area contributed by atoms with Crippen LogP contribution in [0.4, 0.5) is 11.4 Å². The van der Waals surface area contributed by atoms with Gasteiger partial charge in [0.05, 0.1) is 25.1 Å². The van der Waals surface area contributed by atoms with E-state index in [1.165, 1.54) is 10.9 Å². The van der Waals surface area contributed by atoms with E-state index >= 15 is 0 Å². The molecule has 6 nitrogen and oxygen atoms in total. The van der Waals surface area contributed by atoms with Gasteiger partial charge < -0.3 is 15.4 Å². The molecule has 0 spiro atoms. The summed E-state index contributed by atoms with van der Waals surface area (Å²) in [5.41, 5.74) is 6.58. The highest BCUT2D eigenvalue weighted by atomic mass is 16.5. The van der Waals surface area contributed by atoms with Gasteiger partial charge in [0.25, 0.3) is 5.56 Å². The van der Waals surface area contributed by atoms with Crippen molar-refractivity contribution in [2.45, 2.75) is 0 Å². The van der Waals surface area contributed by atoms with Crippen LogP contribution in [0.25, 0.3) is 0 Å². The summed E-state index contributed by atoms with van der Waals surface area (Å²) in [4.78, 5) is 13.8. The summed E-state index contributed by atoms with van der Waals surface area (Å²) in [6.07, 6.45) is 1.51. The molecule has 0 unspecified atom stereocenters. The van der Waals surface area contributed by atoms with Crippen LogP contribution in [0.15, 0.2) is 11.0 Å². The SMILES string of the molecule is Cn1ncc(N)c(N2CCOCC2)c1=O. The summed E-state index contributed by atoms with van der Waals surface area (Å²) in [5, 5.41) is 3.85. The second-order valence-electron chi connectivity index (χ2n) is 3.48. The molecule has 1 aliphatic rings. The minimum atomic E-state index is -0.156. The molecule has 2 N–H and O–H groups in total. The minimum absolute atomic E-state index is 0.156. The Morgan fingerprint density at radius 2 is 2.13 bits per heavy atom. The van der Waals surface area contributed by atoms with Crippen LogP contribution in [0.5, 0.6) is 0 Å². The van der Waals surface area contributed by atoms with Crippen LogP contribution >= 0.6 is 0 Å². The molecule has 82 valence electrons. The topological polar surface area (TPSA) is 73.4 Å². The van der Waals surface area contributed by atoms with Crippen LogP contribution in [-0.2, 0) is 11.8 Å². The monoisotopic (exact) mass is 210 g/mol. The first-order valence-corrected chi connectivity index (χ1v) is 4.84. The summed E-state index contributed by atoms with van der Waals surface area (Å²) in [6.45, 7) is 2.66. The Balaban J connectivity index is 2.41. The van der Waals surface area contributed by atoms with Gasteiger partial charge >= 0.3 is 0 Å². The normalized spacial score (nSPS) is 16.7. The largest absolute Gasteiger partial charge is 0.396 e. The van der Waals surface area contributed by atoms with Crippen molar-refractivity contribution in [1.82, 2.24) is 9.78 Å². The zero-order chi connectivity index (χ0) is 10.8. The maximum Gasteiger partial charge on any atom is 0.292 e. The molecule has 0 amide bonds. The lowest BCUT2D eigenvalue weighted by molar-refractivity contribution is 0.122. The van der Waals surface area contributed by atoms with Gasteiger partial charge in [-0.3, -0.25) is 4.79 Å². The first-order chi connectivity index (χ1) is 7.20. The smallest absolute Gasteiger partial charge is 0.292 e. The average molecular weight is 210 g/mol. The number of rotatable bonds is 1. The van der Waals surface area contributed by atoms with Gasteiger partial charge in [0.1, 0.15) is 5.69 Å². The number of morpholine rings is 1. The summed E-state index contributed by atoms with van der Waals surface area (Å²) < 4.78 is 6.52. The number of aromatic nitrogens is 2. The second-order valence-corrected chi connectivity index (χ2v) is 3.48. The number of anilines is 2. The van der Waals surface area contributed by atoms with E-state index in [2.05, 4.69) is 5.10 Å².